The van der Waals surface area contributed by atoms with Gasteiger partial charge in [0.05, 0.1) is 5.02 Å². The number of benzene rings is 2. The third-order valence-corrected chi connectivity index (χ3v) is 3.23. The molecule has 0 amide bonds. The highest BCUT2D eigenvalue weighted by Crippen LogP contribution is 2.31. The molecule has 2 nitrogen and oxygen atoms in total. The molecule has 2 aromatic carbocycles. The Hall–Kier alpha value is -1.58. The number of halogens is 2. The van der Waals surface area contributed by atoms with E-state index in [9.17, 15) is 4.39 Å². The van der Waals surface area contributed by atoms with E-state index >= 15 is 0 Å². The average Bonchev–Trinajstić information content (AvgIpc) is 2.43. The smallest absolute Gasteiger partial charge is 0.142 e. The van der Waals surface area contributed by atoms with Crippen molar-refractivity contribution in [1.29, 1.82) is 0 Å². The first-order valence-electron chi connectivity index (χ1n) is 6.01. The Kier molecular flexibility index (Phi) is 4.40. The molecule has 2 aromatic rings. The van der Waals surface area contributed by atoms with E-state index in [4.69, 9.17) is 16.3 Å². The molecule has 0 saturated carbocycles. The van der Waals surface area contributed by atoms with Crippen molar-refractivity contribution < 1.29 is 9.13 Å². The minimum absolute atomic E-state index is 0.0525. The van der Waals surface area contributed by atoms with Crippen LogP contribution in [0, 0.1) is 5.82 Å². The van der Waals surface area contributed by atoms with Crippen molar-refractivity contribution in [3.05, 3.63) is 58.9 Å². The number of para-hydroxylation sites is 1. The quantitative estimate of drug-likeness (QED) is 0.886. The summed E-state index contributed by atoms with van der Waals surface area (Å²) in [6.07, 6.45) is 0. The van der Waals surface area contributed by atoms with Gasteiger partial charge in [0.15, 0.2) is 0 Å². The second kappa shape index (κ2) is 6.04. The Morgan fingerprint density at radius 3 is 2.63 bits per heavy atom. The Morgan fingerprint density at radius 1 is 1.21 bits per heavy atom. The monoisotopic (exact) mass is 279 g/mol. The minimum Gasteiger partial charge on any atom is -0.457 e. The molecule has 0 saturated heterocycles. The van der Waals surface area contributed by atoms with Crippen molar-refractivity contribution in [3.63, 3.8) is 0 Å². The van der Waals surface area contributed by atoms with Crippen molar-refractivity contribution in [3.8, 4) is 11.5 Å². The molecule has 1 unspecified atom stereocenters. The average molecular weight is 280 g/mol. The maximum absolute atomic E-state index is 13.1. The summed E-state index contributed by atoms with van der Waals surface area (Å²) >= 11 is 5.74. The predicted molar refractivity (Wildman–Crippen MR) is 75.4 cm³/mol. The SMILES string of the molecule is CNC(C)c1ccccc1Oc1ccc(F)c(Cl)c1. The van der Waals surface area contributed by atoms with Crippen LogP contribution in [0.25, 0.3) is 0 Å². The van der Waals surface area contributed by atoms with Gasteiger partial charge in [-0.15, -0.1) is 0 Å². The van der Waals surface area contributed by atoms with Gasteiger partial charge in [0.1, 0.15) is 17.3 Å². The summed E-state index contributed by atoms with van der Waals surface area (Å²) in [7, 11) is 1.89. The third kappa shape index (κ3) is 3.25. The first-order chi connectivity index (χ1) is 9.11. The molecule has 1 atom stereocenters. The van der Waals surface area contributed by atoms with Crippen LogP contribution in [-0.2, 0) is 0 Å². The summed E-state index contributed by atoms with van der Waals surface area (Å²) in [6.45, 7) is 2.04. The van der Waals surface area contributed by atoms with E-state index in [0.717, 1.165) is 11.3 Å². The molecule has 19 heavy (non-hydrogen) atoms. The van der Waals surface area contributed by atoms with Gasteiger partial charge >= 0.3 is 0 Å². The predicted octanol–water partition coefficient (Wildman–Crippen LogP) is 4.55. The summed E-state index contributed by atoms with van der Waals surface area (Å²) in [5.41, 5.74) is 1.03. The molecular weight excluding hydrogens is 265 g/mol. The molecule has 0 aliphatic rings. The Bertz CT molecular complexity index is 574. The highest BCUT2D eigenvalue weighted by atomic mass is 35.5. The topological polar surface area (TPSA) is 21.3 Å². The fourth-order valence-electron chi connectivity index (χ4n) is 1.75. The number of hydrogen-bond donors (Lipinski definition) is 1. The van der Waals surface area contributed by atoms with E-state index in [-0.39, 0.29) is 11.1 Å². The molecule has 0 radical (unpaired) electrons. The van der Waals surface area contributed by atoms with Gasteiger partial charge in [-0.2, -0.15) is 0 Å². The van der Waals surface area contributed by atoms with E-state index in [1.54, 1.807) is 6.07 Å². The highest BCUT2D eigenvalue weighted by Gasteiger charge is 2.10. The standard InChI is InChI=1S/C15H15ClFNO/c1-10(18-2)12-5-3-4-6-15(12)19-11-7-8-14(17)13(16)9-11/h3-10,18H,1-2H3. The van der Waals surface area contributed by atoms with Gasteiger partial charge in [-0.25, -0.2) is 4.39 Å². The largest absolute Gasteiger partial charge is 0.457 e. The van der Waals surface area contributed by atoms with Gasteiger partial charge in [0, 0.05) is 17.7 Å². The molecule has 100 valence electrons. The van der Waals surface area contributed by atoms with Crippen LogP contribution in [0.1, 0.15) is 18.5 Å². The molecule has 0 aliphatic heterocycles. The molecular formula is C15H15ClFNO. The molecule has 4 heteroatoms. The Morgan fingerprint density at radius 2 is 1.95 bits per heavy atom. The maximum atomic E-state index is 13.1. The van der Waals surface area contributed by atoms with Crippen LogP contribution >= 0.6 is 11.6 Å². The van der Waals surface area contributed by atoms with Crippen molar-refractivity contribution >= 4 is 11.6 Å². The van der Waals surface area contributed by atoms with E-state index in [1.807, 2.05) is 38.2 Å². The number of rotatable bonds is 4. The van der Waals surface area contributed by atoms with Gasteiger partial charge in [0.25, 0.3) is 0 Å². The van der Waals surface area contributed by atoms with Crippen LogP contribution < -0.4 is 10.1 Å². The van der Waals surface area contributed by atoms with Gasteiger partial charge in [-0.1, -0.05) is 29.8 Å². The number of nitrogens with one attached hydrogen (secondary N) is 1. The van der Waals surface area contributed by atoms with Crippen molar-refractivity contribution in [2.24, 2.45) is 0 Å². The maximum Gasteiger partial charge on any atom is 0.142 e. The lowest BCUT2D eigenvalue weighted by atomic mass is 10.1. The molecule has 2 rings (SSSR count). The number of hydrogen-bond acceptors (Lipinski definition) is 2. The fraction of sp³-hybridized carbons (Fsp3) is 0.200. The summed E-state index contributed by atoms with van der Waals surface area (Å²) in [4.78, 5) is 0. The van der Waals surface area contributed by atoms with Gasteiger partial charge in [-0.05, 0) is 32.2 Å². The summed E-state index contributed by atoms with van der Waals surface area (Å²) in [5, 5.41) is 3.21. The van der Waals surface area contributed by atoms with Crippen LogP contribution in [-0.4, -0.2) is 7.05 Å². The molecule has 1 N–H and O–H groups in total. The van der Waals surface area contributed by atoms with E-state index in [1.165, 1.54) is 12.1 Å². The zero-order valence-corrected chi connectivity index (χ0v) is 11.5. The second-order valence-corrected chi connectivity index (χ2v) is 4.63. The van der Waals surface area contributed by atoms with E-state index < -0.39 is 5.82 Å². The molecule has 0 aromatic heterocycles. The lowest BCUT2D eigenvalue weighted by Gasteiger charge is -2.16. The van der Waals surface area contributed by atoms with Crippen molar-refractivity contribution in [2.75, 3.05) is 7.05 Å². The van der Waals surface area contributed by atoms with Crippen molar-refractivity contribution in [1.82, 2.24) is 5.32 Å². The summed E-state index contributed by atoms with van der Waals surface area (Å²) in [6, 6.07) is 12.2. The molecule has 0 spiro atoms. The molecule has 0 heterocycles. The zero-order valence-electron chi connectivity index (χ0n) is 10.8. The van der Waals surface area contributed by atoms with Crippen LogP contribution in [0.5, 0.6) is 11.5 Å². The van der Waals surface area contributed by atoms with Crippen LogP contribution in [0.4, 0.5) is 4.39 Å². The first-order valence-corrected chi connectivity index (χ1v) is 6.38. The lowest BCUT2D eigenvalue weighted by molar-refractivity contribution is 0.465. The van der Waals surface area contributed by atoms with E-state index in [0.29, 0.717) is 5.75 Å². The fourth-order valence-corrected chi connectivity index (χ4v) is 1.92. The minimum atomic E-state index is -0.453. The lowest BCUT2D eigenvalue weighted by Crippen LogP contribution is -2.13. The van der Waals surface area contributed by atoms with Crippen LogP contribution in [0.3, 0.4) is 0 Å². The molecule has 0 aliphatic carbocycles. The van der Waals surface area contributed by atoms with Crippen LogP contribution in [0.2, 0.25) is 5.02 Å². The van der Waals surface area contributed by atoms with E-state index in [2.05, 4.69) is 5.32 Å². The van der Waals surface area contributed by atoms with Gasteiger partial charge in [-0.3, -0.25) is 0 Å². The zero-order chi connectivity index (χ0) is 13.8. The van der Waals surface area contributed by atoms with Gasteiger partial charge < -0.3 is 10.1 Å². The molecule has 0 bridgehead atoms. The van der Waals surface area contributed by atoms with Crippen molar-refractivity contribution in [2.45, 2.75) is 13.0 Å². The first kappa shape index (κ1) is 13.8. The second-order valence-electron chi connectivity index (χ2n) is 4.23. The third-order valence-electron chi connectivity index (χ3n) is 2.94. The normalized spacial score (nSPS) is 12.2. The molecule has 0 fully saturated rings. The van der Waals surface area contributed by atoms with Crippen LogP contribution in [0.15, 0.2) is 42.5 Å². The Labute approximate surface area is 117 Å². The highest BCUT2D eigenvalue weighted by molar-refractivity contribution is 6.30. The summed E-state index contributed by atoms with van der Waals surface area (Å²) < 4.78 is 18.9. The number of ether oxygens (including phenoxy) is 1. The van der Waals surface area contributed by atoms with Gasteiger partial charge in [0.2, 0.25) is 0 Å². The summed E-state index contributed by atoms with van der Waals surface area (Å²) in [5.74, 6) is 0.792. The Balaban J connectivity index is 2.30.